The van der Waals surface area contributed by atoms with Gasteiger partial charge in [-0.25, -0.2) is 0 Å². The average Bonchev–Trinajstić information content (AvgIpc) is 2.27. The molecule has 0 aromatic rings. The fourth-order valence-corrected chi connectivity index (χ4v) is 2.68. The minimum Gasteiger partial charge on any atom is -0.353 e. The highest BCUT2D eigenvalue weighted by Gasteiger charge is 2.21. The van der Waals surface area contributed by atoms with Gasteiger partial charge in [-0.15, -0.1) is 0 Å². The second-order valence-electron chi connectivity index (χ2n) is 3.98. The molecule has 15 heavy (non-hydrogen) atoms. The summed E-state index contributed by atoms with van der Waals surface area (Å²) in [5, 5.41) is 3.76. The molecule has 1 aliphatic rings. The zero-order valence-electron chi connectivity index (χ0n) is 9.20. The number of aldehydes is 1. The monoisotopic (exact) mass is 229 g/mol. The Balaban J connectivity index is 2.17. The van der Waals surface area contributed by atoms with Gasteiger partial charge in [0.25, 0.3) is 0 Å². The number of carbonyl (C=O) groups is 2. The van der Waals surface area contributed by atoms with Gasteiger partial charge in [0, 0.05) is 24.1 Å². The van der Waals surface area contributed by atoms with Crippen molar-refractivity contribution in [3.05, 3.63) is 0 Å². The Morgan fingerprint density at radius 2 is 2.07 bits per heavy atom. The van der Waals surface area contributed by atoms with Crippen LogP contribution in [0.25, 0.3) is 0 Å². The predicted molar refractivity (Wildman–Crippen MR) is 63.0 cm³/mol. The zero-order valence-corrected chi connectivity index (χ0v) is 10.0. The second-order valence-corrected chi connectivity index (χ2v) is 5.12. The molecule has 0 saturated heterocycles. The van der Waals surface area contributed by atoms with E-state index in [-0.39, 0.29) is 5.91 Å². The first-order valence-electron chi connectivity index (χ1n) is 5.52. The Kier molecular flexibility index (Phi) is 5.76. The van der Waals surface area contributed by atoms with Crippen LogP contribution in [0.15, 0.2) is 0 Å². The van der Waals surface area contributed by atoms with Gasteiger partial charge < -0.3 is 10.1 Å². The van der Waals surface area contributed by atoms with Crippen LogP contribution in [0.3, 0.4) is 0 Å². The lowest BCUT2D eigenvalue weighted by atomic mass is 9.95. The summed E-state index contributed by atoms with van der Waals surface area (Å²) in [6, 6.07) is 0.340. The van der Waals surface area contributed by atoms with Crippen LogP contribution in [-0.4, -0.2) is 29.7 Å². The van der Waals surface area contributed by atoms with Crippen LogP contribution < -0.4 is 5.32 Å². The molecule has 1 N–H and O–H groups in total. The molecule has 3 nitrogen and oxygen atoms in total. The van der Waals surface area contributed by atoms with Crippen molar-refractivity contribution < 1.29 is 9.59 Å². The molecular weight excluding hydrogens is 210 g/mol. The number of nitrogens with one attached hydrogen (secondary N) is 1. The first-order valence-corrected chi connectivity index (χ1v) is 6.81. The molecule has 4 heteroatoms. The fraction of sp³-hybridized carbons (Fsp3) is 0.818. The molecule has 1 aliphatic carbocycles. The molecule has 0 unspecified atom stereocenters. The number of hydrogen-bond donors (Lipinski definition) is 1. The Hall–Kier alpha value is -0.510. The smallest absolute Gasteiger partial charge is 0.220 e. The highest BCUT2D eigenvalue weighted by Crippen LogP contribution is 2.26. The molecule has 1 fully saturated rings. The van der Waals surface area contributed by atoms with Gasteiger partial charge in [-0.1, -0.05) is 0 Å². The standard InChI is InChI=1S/C11H19NO2S/c1-15-10-6-4-9(5-7-10)12-11(14)3-2-8-13/h8-10H,2-7H2,1H3,(H,12,14). The van der Waals surface area contributed by atoms with Gasteiger partial charge in [0.2, 0.25) is 5.91 Å². The lowest BCUT2D eigenvalue weighted by Gasteiger charge is -2.27. The topological polar surface area (TPSA) is 46.2 Å². The quantitative estimate of drug-likeness (QED) is 0.731. The van der Waals surface area contributed by atoms with Crippen molar-refractivity contribution in [3.8, 4) is 0 Å². The Morgan fingerprint density at radius 3 is 2.60 bits per heavy atom. The molecule has 0 aromatic heterocycles. The van der Waals surface area contributed by atoms with Gasteiger partial charge in [-0.3, -0.25) is 4.79 Å². The summed E-state index contributed by atoms with van der Waals surface area (Å²) in [6.45, 7) is 0. The lowest BCUT2D eigenvalue weighted by Crippen LogP contribution is -2.38. The largest absolute Gasteiger partial charge is 0.353 e. The van der Waals surface area contributed by atoms with E-state index < -0.39 is 0 Å². The van der Waals surface area contributed by atoms with E-state index in [1.54, 1.807) is 0 Å². The van der Waals surface area contributed by atoms with Crippen LogP contribution in [0.2, 0.25) is 0 Å². The molecule has 1 rings (SSSR count). The summed E-state index contributed by atoms with van der Waals surface area (Å²) in [5.41, 5.74) is 0. The number of hydrogen-bond acceptors (Lipinski definition) is 3. The minimum absolute atomic E-state index is 0.0229. The molecule has 1 amide bonds. The number of carbonyl (C=O) groups excluding carboxylic acids is 2. The Morgan fingerprint density at radius 1 is 1.40 bits per heavy atom. The van der Waals surface area contributed by atoms with E-state index in [0.29, 0.717) is 18.9 Å². The molecule has 0 spiro atoms. The van der Waals surface area contributed by atoms with Crippen molar-refractivity contribution in [2.24, 2.45) is 0 Å². The summed E-state index contributed by atoms with van der Waals surface area (Å²) >= 11 is 1.92. The summed E-state index contributed by atoms with van der Waals surface area (Å²) < 4.78 is 0. The first-order chi connectivity index (χ1) is 7.26. The molecule has 0 aliphatic heterocycles. The van der Waals surface area contributed by atoms with Crippen molar-refractivity contribution in [3.63, 3.8) is 0 Å². The summed E-state index contributed by atoms with van der Waals surface area (Å²) in [5.74, 6) is 0.0229. The van der Waals surface area contributed by atoms with Gasteiger partial charge in [-0.2, -0.15) is 11.8 Å². The number of rotatable bonds is 5. The number of amides is 1. The average molecular weight is 229 g/mol. The van der Waals surface area contributed by atoms with Gasteiger partial charge in [0.15, 0.2) is 0 Å². The van der Waals surface area contributed by atoms with Crippen LogP contribution in [-0.2, 0) is 9.59 Å². The van der Waals surface area contributed by atoms with E-state index in [1.807, 2.05) is 11.8 Å². The molecule has 0 aromatic carbocycles. The van der Waals surface area contributed by atoms with Crippen molar-refractivity contribution in [1.29, 1.82) is 0 Å². The second kappa shape index (κ2) is 6.88. The van der Waals surface area contributed by atoms with Gasteiger partial charge >= 0.3 is 0 Å². The molecule has 0 atom stereocenters. The van der Waals surface area contributed by atoms with Gasteiger partial charge in [0.05, 0.1) is 0 Å². The maximum Gasteiger partial charge on any atom is 0.220 e. The van der Waals surface area contributed by atoms with Gasteiger partial charge in [-0.05, 0) is 31.9 Å². The maximum absolute atomic E-state index is 11.3. The molecule has 0 heterocycles. The molecule has 1 saturated carbocycles. The molecular formula is C11H19NO2S. The van der Waals surface area contributed by atoms with Crippen LogP contribution in [0.4, 0.5) is 0 Å². The lowest BCUT2D eigenvalue weighted by molar-refractivity contribution is -0.123. The van der Waals surface area contributed by atoms with Crippen molar-refractivity contribution in [2.75, 3.05) is 6.26 Å². The highest BCUT2D eigenvalue weighted by molar-refractivity contribution is 7.99. The van der Waals surface area contributed by atoms with E-state index in [2.05, 4.69) is 11.6 Å². The van der Waals surface area contributed by atoms with Crippen LogP contribution >= 0.6 is 11.8 Å². The van der Waals surface area contributed by atoms with Crippen molar-refractivity contribution >= 4 is 24.0 Å². The third-order valence-corrected chi connectivity index (χ3v) is 4.00. The van der Waals surface area contributed by atoms with E-state index in [1.165, 1.54) is 12.8 Å². The van der Waals surface area contributed by atoms with Crippen molar-refractivity contribution in [1.82, 2.24) is 5.32 Å². The first kappa shape index (κ1) is 12.6. The van der Waals surface area contributed by atoms with E-state index in [9.17, 15) is 9.59 Å². The summed E-state index contributed by atoms with van der Waals surface area (Å²) in [7, 11) is 0. The van der Waals surface area contributed by atoms with E-state index in [4.69, 9.17) is 0 Å². The van der Waals surface area contributed by atoms with E-state index in [0.717, 1.165) is 24.4 Å². The molecule has 86 valence electrons. The summed E-state index contributed by atoms with van der Waals surface area (Å²) in [6.07, 6.45) is 8.17. The normalized spacial score (nSPS) is 25.9. The number of thioether (sulfide) groups is 1. The SMILES string of the molecule is CSC1CCC(NC(=O)CCC=O)CC1. The Bertz CT molecular complexity index is 213. The van der Waals surface area contributed by atoms with Crippen LogP contribution in [0, 0.1) is 0 Å². The third-order valence-electron chi connectivity index (χ3n) is 2.86. The Labute approximate surface area is 95.4 Å². The van der Waals surface area contributed by atoms with Crippen LogP contribution in [0.1, 0.15) is 38.5 Å². The minimum atomic E-state index is 0.0229. The third kappa shape index (κ3) is 4.69. The highest BCUT2D eigenvalue weighted by atomic mass is 32.2. The van der Waals surface area contributed by atoms with Gasteiger partial charge in [0.1, 0.15) is 6.29 Å². The summed E-state index contributed by atoms with van der Waals surface area (Å²) in [4.78, 5) is 21.4. The maximum atomic E-state index is 11.3. The predicted octanol–water partition coefficient (Wildman–Crippen LogP) is 1.76. The van der Waals surface area contributed by atoms with Crippen LogP contribution in [0.5, 0.6) is 0 Å². The van der Waals surface area contributed by atoms with E-state index >= 15 is 0 Å². The molecule has 0 bridgehead atoms. The molecule has 0 radical (unpaired) electrons. The fourth-order valence-electron chi connectivity index (χ4n) is 1.93. The zero-order chi connectivity index (χ0) is 11.1. The van der Waals surface area contributed by atoms with Crippen molar-refractivity contribution in [2.45, 2.75) is 49.8 Å².